The molecule has 0 nitrogen and oxygen atoms in total. The van der Waals surface area contributed by atoms with Crippen molar-refractivity contribution in [3.8, 4) is 0 Å². The normalized spacial score (nSPS) is 12.7. The van der Waals surface area contributed by atoms with E-state index in [0.29, 0.717) is 5.92 Å². The predicted octanol–water partition coefficient (Wildman–Crippen LogP) is 4.37. The van der Waals surface area contributed by atoms with Gasteiger partial charge in [-0.2, -0.15) is 13.2 Å². The molecule has 15 heavy (non-hydrogen) atoms. The van der Waals surface area contributed by atoms with Gasteiger partial charge in [-0.25, -0.2) is 0 Å². The topological polar surface area (TPSA) is 0 Å². The van der Waals surface area contributed by atoms with Gasteiger partial charge in [0.2, 0.25) is 0 Å². The highest BCUT2D eigenvalue weighted by Crippen LogP contribution is 2.29. The molecule has 0 amide bonds. The van der Waals surface area contributed by atoms with E-state index in [-0.39, 0.29) is 0 Å². The van der Waals surface area contributed by atoms with Crippen molar-refractivity contribution in [2.45, 2.75) is 20.0 Å². The lowest BCUT2D eigenvalue weighted by Crippen LogP contribution is -2.03. The van der Waals surface area contributed by atoms with E-state index in [1.807, 2.05) is 26.0 Å². The van der Waals surface area contributed by atoms with Crippen molar-refractivity contribution in [2.24, 2.45) is 5.92 Å². The van der Waals surface area contributed by atoms with Crippen molar-refractivity contribution in [3.63, 3.8) is 0 Å². The Balaban J connectivity index is 2.82. The van der Waals surface area contributed by atoms with Crippen LogP contribution in [0.2, 0.25) is 0 Å². The van der Waals surface area contributed by atoms with E-state index in [4.69, 9.17) is 0 Å². The van der Waals surface area contributed by atoms with Crippen molar-refractivity contribution >= 4 is 6.08 Å². The van der Waals surface area contributed by atoms with Crippen LogP contribution in [0, 0.1) is 5.92 Å². The standard InChI is InChI=1S/C12H13F3/c1-9(2)3-4-10-5-7-11(8-6-10)12(13,14)15/h3-9H,1-2H3/b4-3-. The fourth-order valence-electron chi connectivity index (χ4n) is 1.09. The molecule has 0 heterocycles. The van der Waals surface area contributed by atoms with Crippen LogP contribution in [0.25, 0.3) is 6.08 Å². The molecule has 1 aromatic carbocycles. The fraction of sp³-hybridized carbons (Fsp3) is 0.333. The molecule has 0 N–H and O–H groups in total. The van der Waals surface area contributed by atoms with Crippen LogP contribution in [-0.4, -0.2) is 0 Å². The predicted molar refractivity (Wildman–Crippen MR) is 55.3 cm³/mol. The largest absolute Gasteiger partial charge is 0.416 e. The van der Waals surface area contributed by atoms with Gasteiger partial charge in [-0.1, -0.05) is 38.1 Å². The molecular weight excluding hydrogens is 201 g/mol. The van der Waals surface area contributed by atoms with Crippen LogP contribution in [0.5, 0.6) is 0 Å². The van der Waals surface area contributed by atoms with Gasteiger partial charge in [-0.3, -0.25) is 0 Å². The molecule has 0 aliphatic carbocycles. The van der Waals surface area contributed by atoms with Gasteiger partial charge in [0.15, 0.2) is 0 Å². The van der Waals surface area contributed by atoms with Gasteiger partial charge in [0.05, 0.1) is 5.56 Å². The minimum atomic E-state index is -4.25. The fourth-order valence-corrected chi connectivity index (χ4v) is 1.09. The molecule has 0 atom stereocenters. The minimum Gasteiger partial charge on any atom is -0.166 e. The average molecular weight is 214 g/mol. The van der Waals surface area contributed by atoms with Crippen molar-refractivity contribution in [2.75, 3.05) is 0 Å². The first-order valence-corrected chi connectivity index (χ1v) is 4.75. The molecule has 82 valence electrons. The van der Waals surface area contributed by atoms with Gasteiger partial charge >= 0.3 is 6.18 Å². The summed E-state index contributed by atoms with van der Waals surface area (Å²) in [5, 5.41) is 0. The van der Waals surface area contributed by atoms with Crippen molar-refractivity contribution in [3.05, 3.63) is 41.5 Å². The molecule has 3 heteroatoms. The van der Waals surface area contributed by atoms with Crippen LogP contribution in [-0.2, 0) is 6.18 Å². The monoisotopic (exact) mass is 214 g/mol. The molecule has 1 aromatic rings. The van der Waals surface area contributed by atoms with Gasteiger partial charge < -0.3 is 0 Å². The second-order valence-electron chi connectivity index (χ2n) is 3.72. The van der Waals surface area contributed by atoms with Crippen LogP contribution in [0.4, 0.5) is 13.2 Å². The lowest BCUT2D eigenvalue weighted by molar-refractivity contribution is -0.137. The number of hydrogen-bond donors (Lipinski definition) is 0. The Kier molecular flexibility index (Phi) is 3.56. The van der Waals surface area contributed by atoms with Crippen molar-refractivity contribution in [1.29, 1.82) is 0 Å². The SMILES string of the molecule is CC(C)/C=C\c1ccc(C(F)(F)F)cc1. The maximum absolute atomic E-state index is 12.2. The second-order valence-corrected chi connectivity index (χ2v) is 3.72. The van der Waals surface area contributed by atoms with E-state index in [1.165, 1.54) is 12.1 Å². The molecule has 0 aliphatic rings. The number of alkyl halides is 3. The van der Waals surface area contributed by atoms with Gasteiger partial charge in [0.25, 0.3) is 0 Å². The summed E-state index contributed by atoms with van der Waals surface area (Å²) in [6.07, 6.45) is -0.478. The van der Waals surface area contributed by atoms with Crippen molar-refractivity contribution in [1.82, 2.24) is 0 Å². The van der Waals surface area contributed by atoms with Gasteiger partial charge in [0.1, 0.15) is 0 Å². The molecule has 0 fully saturated rings. The average Bonchev–Trinajstić information content (AvgIpc) is 2.14. The zero-order chi connectivity index (χ0) is 11.5. The zero-order valence-electron chi connectivity index (χ0n) is 8.68. The molecule has 0 saturated heterocycles. The molecule has 0 aromatic heterocycles. The number of benzene rings is 1. The van der Waals surface area contributed by atoms with E-state index >= 15 is 0 Å². The summed E-state index contributed by atoms with van der Waals surface area (Å²) < 4.78 is 36.6. The number of rotatable bonds is 2. The second kappa shape index (κ2) is 4.51. The molecule has 0 bridgehead atoms. The molecule has 1 rings (SSSR count). The summed E-state index contributed by atoms with van der Waals surface area (Å²) >= 11 is 0. The van der Waals surface area contributed by atoms with Gasteiger partial charge in [-0.05, 0) is 23.6 Å². The Morgan fingerprint density at radius 3 is 2.00 bits per heavy atom. The maximum atomic E-state index is 12.2. The quantitative estimate of drug-likeness (QED) is 0.685. The molecule has 0 aliphatic heterocycles. The Labute approximate surface area is 87.4 Å². The Morgan fingerprint density at radius 1 is 1.07 bits per heavy atom. The van der Waals surface area contributed by atoms with Crippen LogP contribution in [0.15, 0.2) is 30.3 Å². The van der Waals surface area contributed by atoms with E-state index in [1.54, 1.807) is 0 Å². The van der Waals surface area contributed by atoms with Crippen LogP contribution in [0.3, 0.4) is 0 Å². The number of allylic oxidation sites excluding steroid dienone is 1. The zero-order valence-corrected chi connectivity index (χ0v) is 8.68. The smallest absolute Gasteiger partial charge is 0.166 e. The molecule has 0 radical (unpaired) electrons. The molecule has 0 saturated carbocycles. The third-order valence-electron chi connectivity index (χ3n) is 1.91. The van der Waals surface area contributed by atoms with E-state index in [2.05, 4.69) is 0 Å². The minimum absolute atomic E-state index is 0.396. The van der Waals surface area contributed by atoms with Crippen LogP contribution < -0.4 is 0 Å². The lowest BCUT2D eigenvalue weighted by atomic mass is 10.1. The van der Waals surface area contributed by atoms with E-state index in [9.17, 15) is 13.2 Å². The Hall–Kier alpha value is -1.25. The molecule has 0 spiro atoms. The molecule has 0 unspecified atom stereocenters. The van der Waals surface area contributed by atoms with Gasteiger partial charge in [0, 0.05) is 0 Å². The van der Waals surface area contributed by atoms with Crippen LogP contribution >= 0.6 is 0 Å². The lowest BCUT2D eigenvalue weighted by Gasteiger charge is -2.06. The van der Waals surface area contributed by atoms with Gasteiger partial charge in [-0.15, -0.1) is 0 Å². The summed E-state index contributed by atoms with van der Waals surface area (Å²) in [4.78, 5) is 0. The summed E-state index contributed by atoms with van der Waals surface area (Å²) in [6.45, 7) is 4.03. The Morgan fingerprint density at radius 2 is 1.60 bits per heavy atom. The first kappa shape index (κ1) is 11.8. The van der Waals surface area contributed by atoms with E-state index < -0.39 is 11.7 Å². The third kappa shape index (κ3) is 3.78. The van der Waals surface area contributed by atoms with Crippen LogP contribution in [0.1, 0.15) is 25.0 Å². The Bertz CT molecular complexity index is 331. The highest BCUT2D eigenvalue weighted by atomic mass is 19.4. The van der Waals surface area contributed by atoms with E-state index in [0.717, 1.165) is 17.7 Å². The summed E-state index contributed by atoms with van der Waals surface area (Å²) in [5.41, 5.74) is 0.181. The first-order valence-electron chi connectivity index (χ1n) is 4.75. The molecular formula is C12H13F3. The van der Waals surface area contributed by atoms with Crippen molar-refractivity contribution < 1.29 is 13.2 Å². The number of halogens is 3. The number of hydrogen-bond acceptors (Lipinski definition) is 0. The highest BCUT2D eigenvalue weighted by molar-refractivity contribution is 5.50. The maximum Gasteiger partial charge on any atom is 0.416 e. The highest BCUT2D eigenvalue weighted by Gasteiger charge is 2.29. The third-order valence-corrected chi connectivity index (χ3v) is 1.91. The summed E-state index contributed by atoms with van der Waals surface area (Å²) in [7, 11) is 0. The summed E-state index contributed by atoms with van der Waals surface area (Å²) in [5.74, 6) is 0.396. The summed E-state index contributed by atoms with van der Waals surface area (Å²) in [6, 6.07) is 5.14. The first-order chi connectivity index (χ1) is 6.89.